The maximum Gasteiger partial charge on any atom is 0.264 e. The van der Waals surface area contributed by atoms with Gasteiger partial charge in [0.25, 0.3) is 5.56 Å². The second-order valence-electron chi connectivity index (χ2n) is 4.05. The van der Waals surface area contributed by atoms with Crippen molar-refractivity contribution in [3.05, 3.63) is 25.4 Å². The van der Waals surface area contributed by atoms with E-state index in [4.69, 9.17) is 0 Å². The molecule has 1 fully saturated rings. The summed E-state index contributed by atoms with van der Waals surface area (Å²) in [7, 11) is 0. The molecule has 82 valence electrons. The molecule has 0 aromatic carbocycles. The van der Waals surface area contributed by atoms with Crippen LogP contribution in [-0.4, -0.2) is 9.97 Å². The van der Waals surface area contributed by atoms with Crippen molar-refractivity contribution >= 4 is 22.6 Å². The number of aromatic nitrogens is 2. The molecule has 0 spiro atoms. The Bertz CT molecular complexity index is 408. The first-order valence-corrected chi connectivity index (χ1v) is 6.58. The van der Waals surface area contributed by atoms with Crippen molar-refractivity contribution < 1.29 is 0 Å². The average molecular weight is 318 g/mol. The number of H-pyrrole nitrogens is 1. The number of nitrogens with zero attached hydrogens (tertiary/aromatic N) is 1. The van der Waals surface area contributed by atoms with Crippen molar-refractivity contribution in [1.29, 1.82) is 0 Å². The van der Waals surface area contributed by atoms with Crippen molar-refractivity contribution in [3.63, 3.8) is 0 Å². The van der Waals surface area contributed by atoms with E-state index >= 15 is 0 Å². The topological polar surface area (TPSA) is 45.8 Å². The molecule has 1 aliphatic rings. The van der Waals surface area contributed by atoms with Gasteiger partial charge in [-0.15, -0.1) is 0 Å². The number of halogens is 1. The van der Waals surface area contributed by atoms with Gasteiger partial charge in [0.2, 0.25) is 0 Å². The van der Waals surface area contributed by atoms with Gasteiger partial charge < -0.3 is 4.98 Å². The number of nitrogens with one attached hydrogen (secondary N) is 1. The van der Waals surface area contributed by atoms with Crippen LogP contribution in [0.3, 0.4) is 0 Å². The summed E-state index contributed by atoms with van der Waals surface area (Å²) in [6.07, 6.45) is 5.71. The molecule has 0 bridgehead atoms. The van der Waals surface area contributed by atoms with Crippen molar-refractivity contribution in [2.75, 3.05) is 0 Å². The van der Waals surface area contributed by atoms with Gasteiger partial charge in [0.15, 0.2) is 0 Å². The fourth-order valence-electron chi connectivity index (χ4n) is 2.15. The second-order valence-corrected chi connectivity index (χ2v) is 5.13. The first-order chi connectivity index (χ1) is 7.22. The van der Waals surface area contributed by atoms with Crippen LogP contribution < -0.4 is 5.56 Å². The number of hydrogen-bond donors (Lipinski definition) is 1. The highest BCUT2D eigenvalue weighted by Gasteiger charge is 2.20. The van der Waals surface area contributed by atoms with Gasteiger partial charge in [0, 0.05) is 5.92 Å². The van der Waals surface area contributed by atoms with Crippen LogP contribution in [0.25, 0.3) is 0 Å². The lowest BCUT2D eigenvalue weighted by molar-refractivity contribution is 0.654. The summed E-state index contributed by atoms with van der Waals surface area (Å²) in [5, 5.41) is 0. The quantitative estimate of drug-likeness (QED) is 0.852. The Morgan fingerprint density at radius 1 is 1.47 bits per heavy atom. The van der Waals surface area contributed by atoms with Crippen molar-refractivity contribution in [3.8, 4) is 0 Å². The molecule has 0 radical (unpaired) electrons. The Hall–Kier alpha value is -0.390. The van der Waals surface area contributed by atoms with E-state index in [-0.39, 0.29) is 5.56 Å². The average Bonchev–Trinajstić information content (AvgIpc) is 2.75. The molecule has 0 saturated heterocycles. The van der Waals surface area contributed by atoms with E-state index in [9.17, 15) is 4.79 Å². The Morgan fingerprint density at radius 3 is 2.73 bits per heavy atom. The van der Waals surface area contributed by atoms with Crippen LogP contribution in [-0.2, 0) is 6.42 Å². The Labute approximate surface area is 103 Å². The summed E-state index contributed by atoms with van der Waals surface area (Å²) in [5.74, 6) is 1.40. The zero-order valence-corrected chi connectivity index (χ0v) is 11.0. The standard InChI is InChI=1S/C11H15IN2O/c1-2-8-9(12)11(15)14-10(13-8)7-5-3-4-6-7/h7H,2-6H2,1H3,(H,13,14,15). The molecule has 1 aromatic rings. The van der Waals surface area contributed by atoms with Crippen LogP contribution in [0.15, 0.2) is 4.79 Å². The highest BCUT2D eigenvalue weighted by atomic mass is 127. The van der Waals surface area contributed by atoms with E-state index in [1.807, 2.05) is 6.92 Å². The summed E-state index contributed by atoms with van der Waals surface area (Å²) >= 11 is 2.08. The van der Waals surface area contributed by atoms with E-state index in [0.29, 0.717) is 5.92 Å². The van der Waals surface area contributed by atoms with E-state index < -0.39 is 0 Å². The summed E-state index contributed by atoms with van der Waals surface area (Å²) in [4.78, 5) is 19.2. The molecular weight excluding hydrogens is 303 g/mol. The molecule has 0 amide bonds. The van der Waals surface area contributed by atoms with Gasteiger partial charge in [0.05, 0.1) is 9.26 Å². The van der Waals surface area contributed by atoms with Crippen LogP contribution in [0.4, 0.5) is 0 Å². The van der Waals surface area contributed by atoms with E-state index in [2.05, 4.69) is 32.6 Å². The smallest absolute Gasteiger partial charge is 0.264 e. The molecule has 0 aliphatic heterocycles. The van der Waals surface area contributed by atoms with Crippen LogP contribution >= 0.6 is 22.6 Å². The second kappa shape index (κ2) is 4.63. The van der Waals surface area contributed by atoms with Gasteiger partial charge in [-0.25, -0.2) is 4.98 Å². The van der Waals surface area contributed by atoms with Crippen molar-refractivity contribution in [2.24, 2.45) is 0 Å². The predicted molar refractivity (Wildman–Crippen MR) is 68.2 cm³/mol. The first-order valence-electron chi connectivity index (χ1n) is 5.51. The van der Waals surface area contributed by atoms with E-state index in [1.54, 1.807) is 0 Å². The molecule has 1 aliphatic carbocycles. The van der Waals surface area contributed by atoms with E-state index in [1.165, 1.54) is 25.7 Å². The molecule has 15 heavy (non-hydrogen) atoms. The number of rotatable bonds is 2. The van der Waals surface area contributed by atoms with Crippen molar-refractivity contribution in [2.45, 2.75) is 44.9 Å². The molecule has 1 N–H and O–H groups in total. The lowest BCUT2D eigenvalue weighted by atomic mass is 10.1. The first kappa shape index (κ1) is 11.1. The number of aromatic amines is 1. The molecule has 2 rings (SSSR count). The van der Waals surface area contributed by atoms with Gasteiger partial charge in [-0.1, -0.05) is 19.8 Å². The zero-order chi connectivity index (χ0) is 10.8. The molecular formula is C11H15IN2O. The Kier molecular flexibility index (Phi) is 3.43. The summed E-state index contributed by atoms with van der Waals surface area (Å²) in [6, 6.07) is 0. The molecule has 1 saturated carbocycles. The molecule has 0 atom stereocenters. The van der Waals surface area contributed by atoms with Gasteiger partial charge in [-0.05, 0) is 41.9 Å². The fraction of sp³-hybridized carbons (Fsp3) is 0.636. The minimum Gasteiger partial charge on any atom is -0.309 e. The molecule has 4 heteroatoms. The Morgan fingerprint density at radius 2 is 2.13 bits per heavy atom. The normalized spacial score (nSPS) is 17.2. The third kappa shape index (κ3) is 2.24. The maximum atomic E-state index is 11.7. The van der Waals surface area contributed by atoms with Crippen LogP contribution in [0.2, 0.25) is 0 Å². The third-order valence-corrected chi connectivity index (χ3v) is 4.14. The predicted octanol–water partition coefficient (Wildman–Crippen LogP) is 2.59. The van der Waals surface area contributed by atoms with Gasteiger partial charge >= 0.3 is 0 Å². The SMILES string of the molecule is CCc1nc(C2CCCC2)[nH]c(=O)c1I. The van der Waals surface area contributed by atoms with Crippen LogP contribution in [0, 0.1) is 3.57 Å². The summed E-state index contributed by atoms with van der Waals surface area (Å²) in [5.41, 5.74) is 0.977. The molecule has 1 heterocycles. The molecule has 0 unspecified atom stereocenters. The van der Waals surface area contributed by atoms with E-state index in [0.717, 1.165) is 21.5 Å². The van der Waals surface area contributed by atoms with Crippen molar-refractivity contribution in [1.82, 2.24) is 9.97 Å². The lowest BCUT2D eigenvalue weighted by Gasteiger charge is -2.10. The van der Waals surface area contributed by atoms with Gasteiger partial charge in [-0.2, -0.15) is 0 Å². The fourth-order valence-corrected chi connectivity index (χ4v) is 2.79. The molecule has 1 aromatic heterocycles. The van der Waals surface area contributed by atoms with Crippen LogP contribution in [0.1, 0.15) is 50.0 Å². The summed E-state index contributed by atoms with van der Waals surface area (Å²) in [6.45, 7) is 2.04. The monoisotopic (exact) mass is 318 g/mol. The highest BCUT2D eigenvalue weighted by Crippen LogP contribution is 2.31. The van der Waals surface area contributed by atoms with Gasteiger partial charge in [0.1, 0.15) is 5.82 Å². The lowest BCUT2D eigenvalue weighted by Crippen LogP contribution is -2.19. The molecule has 3 nitrogen and oxygen atoms in total. The Balaban J connectivity index is 2.40. The summed E-state index contributed by atoms with van der Waals surface area (Å²) < 4.78 is 0.747. The maximum absolute atomic E-state index is 11.7. The van der Waals surface area contributed by atoms with Gasteiger partial charge in [-0.3, -0.25) is 4.79 Å². The third-order valence-electron chi connectivity index (χ3n) is 3.03. The minimum absolute atomic E-state index is 0.0318. The largest absolute Gasteiger partial charge is 0.309 e. The number of aryl methyl sites for hydroxylation is 1. The minimum atomic E-state index is 0.0318. The zero-order valence-electron chi connectivity index (χ0n) is 8.85. The van der Waals surface area contributed by atoms with Crippen LogP contribution in [0.5, 0.6) is 0 Å². The number of hydrogen-bond acceptors (Lipinski definition) is 2. The highest BCUT2D eigenvalue weighted by molar-refractivity contribution is 14.1.